The zero-order chi connectivity index (χ0) is 22.1. The summed E-state index contributed by atoms with van der Waals surface area (Å²) in [5.41, 5.74) is 3.19. The van der Waals surface area contributed by atoms with Crippen LogP contribution in [0, 0.1) is 0 Å². The number of hydrogen-bond donors (Lipinski definition) is 1. The van der Waals surface area contributed by atoms with Crippen molar-refractivity contribution in [1.29, 1.82) is 0 Å². The van der Waals surface area contributed by atoms with E-state index in [0.29, 0.717) is 19.4 Å². The predicted molar refractivity (Wildman–Crippen MR) is 124 cm³/mol. The Morgan fingerprint density at radius 2 is 1.29 bits per heavy atom. The highest BCUT2D eigenvalue weighted by molar-refractivity contribution is 5.88. The van der Waals surface area contributed by atoms with Crippen molar-refractivity contribution in [2.45, 2.75) is 38.3 Å². The minimum absolute atomic E-state index is 0.0305. The van der Waals surface area contributed by atoms with E-state index in [2.05, 4.69) is 29.6 Å². The lowest BCUT2D eigenvalue weighted by atomic mass is 9.88. The molecule has 0 aromatic heterocycles. The van der Waals surface area contributed by atoms with Gasteiger partial charge in [0.1, 0.15) is 6.04 Å². The van der Waals surface area contributed by atoms with Crippen molar-refractivity contribution in [3.63, 3.8) is 0 Å². The number of rotatable bonds is 9. The molecule has 0 heterocycles. The molecule has 4 heteroatoms. The highest BCUT2D eigenvalue weighted by Crippen LogP contribution is 2.29. The molecule has 3 aromatic carbocycles. The van der Waals surface area contributed by atoms with Crippen LogP contribution in [0.4, 0.5) is 0 Å². The van der Waals surface area contributed by atoms with Crippen molar-refractivity contribution in [2.24, 2.45) is 0 Å². The first kappa shape index (κ1) is 22.3. The molecule has 1 N–H and O–H groups in total. The lowest BCUT2D eigenvalue weighted by Gasteiger charge is -2.32. The number of carbonyl (C=O) groups excluding carboxylic acids is 2. The standard InChI is InChI=1S/C27H30N2O2/c1-3-25(27(31)28-2)29(20-21-13-7-4-8-14-21)26(30)19-24(22-15-9-5-10-16-22)23-17-11-6-12-18-23/h4-18,24-25H,3,19-20H2,1-2H3,(H,28,31)/t25-/m0/s1. The van der Waals surface area contributed by atoms with Gasteiger partial charge < -0.3 is 10.2 Å². The molecule has 31 heavy (non-hydrogen) atoms. The first-order chi connectivity index (χ1) is 15.1. The molecule has 0 aliphatic rings. The van der Waals surface area contributed by atoms with Gasteiger partial charge in [0.25, 0.3) is 0 Å². The lowest BCUT2D eigenvalue weighted by Crippen LogP contribution is -2.48. The van der Waals surface area contributed by atoms with E-state index in [0.717, 1.165) is 16.7 Å². The summed E-state index contributed by atoms with van der Waals surface area (Å²) in [4.78, 5) is 28.0. The Labute approximate surface area is 184 Å². The van der Waals surface area contributed by atoms with Crippen molar-refractivity contribution in [3.8, 4) is 0 Å². The zero-order valence-electron chi connectivity index (χ0n) is 18.2. The number of hydrogen-bond acceptors (Lipinski definition) is 2. The molecule has 0 spiro atoms. The van der Waals surface area contributed by atoms with E-state index < -0.39 is 6.04 Å². The van der Waals surface area contributed by atoms with Crippen molar-refractivity contribution < 1.29 is 9.59 Å². The van der Waals surface area contributed by atoms with E-state index in [9.17, 15) is 9.59 Å². The Balaban J connectivity index is 1.93. The fraction of sp³-hybridized carbons (Fsp3) is 0.259. The van der Waals surface area contributed by atoms with Crippen molar-refractivity contribution in [1.82, 2.24) is 10.2 Å². The van der Waals surface area contributed by atoms with Crippen LogP contribution < -0.4 is 5.32 Å². The molecule has 4 nitrogen and oxygen atoms in total. The van der Waals surface area contributed by atoms with Gasteiger partial charge >= 0.3 is 0 Å². The second-order valence-electron chi connectivity index (χ2n) is 7.62. The van der Waals surface area contributed by atoms with Gasteiger partial charge in [-0.3, -0.25) is 9.59 Å². The topological polar surface area (TPSA) is 49.4 Å². The van der Waals surface area contributed by atoms with Gasteiger partial charge in [-0.2, -0.15) is 0 Å². The molecular formula is C27H30N2O2. The predicted octanol–water partition coefficient (Wildman–Crippen LogP) is 4.76. The summed E-state index contributed by atoms with van der Waals surface area (Å²) in [7, 11) is 1.62. The summed E-state index contributed by atoms with van der Waals surface area (Å²) in [5, 5.41) is 2.72. The zero-order valence-corrected chi connectivity index (χ0v) is 18.2. The third-order valence-electron chi connectivity index (χ3n) is 5.61. The summed E-state index contributed by atoms with van der Waals surface area (Å²) in [5.74, 6) is -0.241. The molecule has 3 rings (SSSR count). The van der Waals surface area contributed by atoms with Crippen LogP contribution in [0.15, 0.2) is 91.0 Å². The molecule has 3 aromatic rings. The summed E-state index contributed by atoms with van der Waals surface area (Å²) >= 11 is 0. The first-order valence-corrected chi connectivity index (χ1v) is 10.8. The molecule has 0 unspecified atom stereocenters. The Hall–Kier alpha value is -3.40. The molecule has 0 saturated carbocycles. The Morgan fingerprint density at radius 3 is 1.74 bits per heavy atom. The van der Waals surface area contributed by atoms with Crippen LogP contribution in [0.2, 0.25) is 0 Å². The van der Waals surface area contributed by atoms with Crippen molar-refractivity contribution in [3.05, 3.63) is 108 Å². The Bertz CT molecular complexity index is 919. The van der Waals surface area contributed by atoms with Gasteiger partial charge in [0.15, 0.2) is 0 Å². The van der Waals surface area contributed by atoms with Gasteiger partial charge in [-0.1, -0.05) is 97.9 Å². The third-order valence-corrected chi connectivity index (χ3v) is 5.61. The molecule has 1 atom stereocenters. The maximum atomic E-state index is 13.7. The summed E-state index contributed by atoms with van der Waals surface area (Å²) in [6.07, 6.45) is 0.855. The molecule has 2 amide bonds. The molecule has 0 fully saturated rings. The van der Waals surface area contributed by atoms with Crippen LogP contribution in [0.25, 0.3) is 0 Å². The molecular weight excluding hydrogens is 384 g/mol. The second-order valence-corrected chi connectivity index (χ2v) is 7.62. The van der Waals surface area contributed by atoms with Crippen LogP contribution in [0.1, 0.15) is 42.4 Å². The molecule has 0 aliphatic heterocycles. The average Bonchev–Trinajstić information content (AvgIpc) is 2.83. The number of carbonyl (C=O) groups is 2. The van der Waals surface area contributed by atoms with Gasteiger partial charge in [0.05, 0.1) is 0 Å². The highest BCUT2D eigenvalue weighted by atomic mass is 16.2. The van der Waals surface area contributed by atoms with E-state index >= 15 is 0 Å². The van der Waals surface area contributed by atoms with E-state index in [1.54, 1.807) is 11.9 Å². The van der Waals surface area contributed by atoms with Crippen LogP contribution >= 0.6 is 0 Å². The number of likely N-dealkylation sites (N-methyl/N-ethyl adjacent to an activating group) is 1. The smallest absolute Gasteiger partial charge is 0.242 e. The third kappa shape index (κ3) is 5.82. The number of nitrogens with one attached hydrogen (secondary N) is 1. The van der Waals surface area contributed by atoms with E-state index in [4.69, 9.17) is 0 Å². The largest absolute Gasteiger partial charge is 0.357 e. The molecule has 0 saturated heterocycles. The molecule has 0 aliphatic carbocycles. The van der Waals surface area contributed by atoms with Crippen LogP contribution in [0.3, 0.4) is 0 Å². The summed E-state index contributed by atoms with van der Waals surface area (Å²) < 4.78 is 0. The summed E-state index contributed by atoms with van der Waals surface area (Å²) in [6.45, 7) is 2.35. The quantitative estimate of drug-likeness (QED) is 0.549. The Morgan fingerprint density at radius 1 is 0.806 bits per heavy atom. The number of amides is 2. The monoisotopic (exact) mass is 414 g/mol. The van der Waals surface area contributed by atoms with E-state index in [1.807, 2.05) is 73.7 Å². The molecule has 160 valence electrons. The minimum Gasteiger partial charge on any atom is -0.357 e. The number of benzene rings is 3. The van der Waals surface area contributed by atoms with Crippen molar-refractivity contribution >= 4 is 11.8 Å². The average molecular weight is 415 g/mol. The van der Waals surface area contributed by atoms with E-state index in [1.165, 1.54) is 0 Å². The second kappa shape index (κ2) is 11.1. The summed E-state index contributed by atoms with van der Waals surface area (Å²) in [6, 6.07) is 29.5. The molecule has 0 radical (unpaired) electrons. The first-order valence-electron chi connectivity index (χ1n) is 10.8. The van der Waals surface area contributed by atoms with Gasteiger partial charge in [0, 0.05) is 25.9 Å². The van der Waals surface area contributed by atoms with Crippen molar-refractivity contribution in [2.75, 3.05) is 7.05 Å². The lowest BCUT2D eigenvalue weighted by molar-refractivity contribution is -0.141. The normalized spacial score (nSPS) is 11.7. The highest BCUT2D eigenvalue weighted by Gasteiger charge is 2.30. The van der Waals surface area contributed by atoms with Gasteiger partial charge in [-0.25, -0.2) is 0 Å². The maximum Gasteiger partial charge on any atom is 0.242 e. The van der Waals surface area contributed by atoms with Crippen LogP contribution in [0.5, 0.6) is 0 Å². The van der Waals surface area contributed by atoms with E-state index in [-0.39, 0.29) is 17.7 Å². The minimum atomic E-state index is -0.509. The SMILES string of the molecule is CC[C@@H](C(=O)NC)N(Cc1ccccc1)C(=O)CC(c1ccccc1)c1ccccc1. The van der Waals surface area contributed by atoms with Gasteiger partial charge in [0.2, 0.25) is 11.8 Å². The van der Waals surface area contributed by atoms with Crippen LogP contribution in [-0.4, -0.2) is 29.8 Å². The van der Waals surface area contributed by atoms with Crippen LogP contribution in [-0.2, 0) is 16.1 Å². The van der Waals surface area contributed by atoms with Gasteiger partial charge in [-0.15, -0.1) is 0 Å². The number of nitrogens with zero attached hydrogens (tertiary/aromatic N) is 1. The fourth-order valence-corrected chi connectivity index (χ4v) is 3.96. The maximum absolute atomic E-state index is 13.7. The fourth-order valence-electron chi connectivity index (χ4n) is 3.96. The van der Waals surface area contributed by atoms with Gasteiger partial charge in [-0.05, 0) is 23.1 Å². The molecule has 0 bridgehead atoms. The Kier molecular flexibility index (Phi) is 7.99.